The van der Waals surface area contributed by atoms with Crippen LogP contribution in [0.2, 0.25) is 0 Å². The maximum atomic E-state index is 10.9. The van der Waals surface area contributed by atoms with Crippen molar-refractivity contribution in [2.24, 2.45) is 0 Å². The van der Waals surface area contributed by atoms with Crippen LogP contribution in [0.15, 0.2) is 35.2 Å². The Balaban J connectivity index is 1.66. The minimum atomic E-state index is 0.158. The first-order valence-electron chi connectivity index (χ1n) is 9.38. The van der Waals surface area contributed by atoms with Gasteiger partial charge in [-0.15, -0.1) is 10.2 Å². The van der Waals surface area contributed by atoms with E-state index >= 15 is 0 Å². The van der Waals surface area contributed by atoms with Crippen LogP contribution in [0.25, 0.3) is 16.8 Å². The molecule has 9 nitrogen and oxygen atoms in total. The van der Waals surface area contributed by atoms with Crippen molar-refractivity contribution in [1.29, 1.82) is 0 Å². The number of anilines is 1. The van der Waals surface area contributed by atoms with Crippen LogP contribution >= 0.6 is 15.9 Å². The second-order valence-corrected chi connectivity index (χ2v) is 7.80. The highest BCUT2D eigenvalue weighted by atomic mass is 79.9. The van der Waals surface area contributed by atoms with Crippen LogP contribution in [0.4, 0.5) is 5.95 Å². The summed E-state index contributed by atoms with van der Waals surface area (Å²) < 4.78 is 7.77. The fourth-order valence-electron chi connectivity index (χ4n) is 3.67. The molecule has 1 aliphatic heterocycles. The lowest BCUT2D eigenvalue weighted by Crippen LogP contribution is -2.43. The predicted molar refractivity (Wildman–Crippen MR) is 111 cm³/mol. The van der Waals surface area contributed by atoms with Gasteiger partial charge in [0.25, 0.3) is 6.47 Å². The van der Waals surface area contributed by atoms with E-state index in [2.05, 4.69) is 41.3 Å². The molecule has 1 fully saturated rings. The van der Waals surface area contributed by atoms with E-state index in [4.69, 9.17) is 4.74 Å². The molecule has 0 unspecified atom stereocenters. The minimum Gasteiger partial charge on any atom is -0.428 e. The summed E-state index contributed by atoms with van der Waals surface area (Å²) in [6, 6.07) is 5.59. The van der Waals surface area contributed by atoms with Crippen LogP contribution < -0.4 is 10.1 Å². The zero-order valence-corrected chi connectivity index (χ0v) is 17.2. The first-order chi connectivity index (χ1) is 14.2. The van der Waals surface area contributed by atoms with Gasteiger partial charge >= 0.3 is 0 Å². The monoisotopic (exact) mass is 460 g/mol. The Morgan fingerprint density at radius 2 is 2.28 bits per heavy atom. The number of hydrogen-bond acceptors (Lipinski definition) is 8. The molecule has 1 saturated heterocycles. The van der Waals surface area contributed by atoms with Crippen LogP contribution in [-0.4, -0.2) is 68.3 Å². The third-order valence-electron chi connectivity index (χ3n) is 4.98. The summed E-state index contributed by atoms with van der Waals surface area (Å²) in [5.74, 6) is 0.992. The minimum absolute atomic E-state index is 0.158. The molecule has 2 aromatic heterocycles. The van der Waals surface area contributed by atoms with Gasteiger partial charge in [-0.1, -0.05) is 15.9 Å². The Morgan fingerprint density at radius 1 is 1.38 bits per heavy atom. The molecule has 0 radical (unpaired) electrons. The topological polar surface area (TPSA) is 105 Å². The van der Waals surface area contributed by atoms with Gasteiger partial charge in [-0.2, -0.15) is 0 Å². The molecule has 2 N–H and O–H groups in total. The number of ether oxygens (including phenoxy) is 1. The highest BCUT2D eigenvalue weighted by Crippen LogP contribution is 2.34. The van der Waals surface area contributed by atoms with E-state index in [9.17, 15) is 9.90 Å². The number of likely N-dealkylation sites (tertiary alicyclic amines) is 1. The SMILES string of the molecule is O=COc1cc(Br)ccc1-c1nnc(N[C@@H]2CCCN(CCO)C2)n2cncc12. The molecule has 10 heteroatoms. The maximum Gasteiger partial charge on any atom is 0.298 e. The van der Waals surface area contributed by atoms with E-state index in [1.54, 1.807) is 18.6 Å². The molecule has 0 saturated carbocycles. The van der Waals surface area contributed by atoms with Gasteiger partial charge in [0.2, 0.25) is 5.95 Å². The van der Waals surface area contributed by atoms with Crippen molar-refractivity contribution < 1.29 is 14.6 Å². The van der Waals surface area contributed by atoms with Gasteiger partial charge < -0.3 is 15.2 Å². The lowest BCUT2D eigenvalue weighted by Gasteiger charge is -2.32. The fraction of sp³-hybridized carbons (Fsp3) is 0.368. The number of benzene rings is 1. The number of hydrogen-bond donors (Lipinski definition) is 2. The number of nitrogens with one attached hydrogen (secondary N) is 1. The number of β-amino-alcohol motifs (C(OH)–C–C–N with tert-alkyl or cyclic N) is 1. The first kappa shape index (κ1) is 19.7. The average molecular weight is 461 g/mol. The summed E-state index contributed by atoms with van der Waals surface area (Å²) in [5, 5.41) is 21.4. The molecule has 29 heavy (non-hydrogen) atoms. The standard InChI is InChI=1S/C19H21BrN6O3/c20-13-3-4-15(17(8-13)29-12-28)18-16-9-21-11-26(16)19(24-23-18)22-14-2-1-5-25(10-14)6-7-27/h3-4,8-9,11-12,14,27H,1-2,5-7,10H2,(H,22,24)/t14-/m1/s1. The normalized spacial score (nSPS) is 17.4. The molecule has 3 aromatic rings. The molecule has 1 aromatic carbocycles. The summed E-state index contributed by atoms with van der Waals surface area (Å²) in [5.41, 5.74) is 1.98. The molecule has 0 bridgehead atoms. The molecule has 4 rings (SSSR count). The number of carbonyl (C=O) groups excluding carboxylic acids is 1. The quantitative estimate of drug-likeness (QED) is 0.515. The van der Waals surface area contributed by atoms with Crippen LogP contribution in [0.5, 0.6) is 5.75 Å². The number of imidazole rings is 1. The summed E-state index contributed by atoms with van der Waals surface area (Å²) >= 11 is 3.38. The number of halogens is 1. The van der Waals surface area contributed by atoms with Crippen LogP contribution in [0, 0.1) is 0 Å². The fourth-order valence-corrected chi connectivity index (χ4v) is 4.01. The average Bonchev–Trinajstić information content (AvgIpc) is 3.20. The number of aliphatic hydroxyl groups is 1. The third kappa shape index (κ3) is 4.24. The molecule has 1 aliphatic rings. The van der Waals surface area contributed by atoms with E-state index in [0.717, 1.165) is 35.9 Å². The van der Waals surface area contributed by atoms with E-state index in [1.807, 2.05) is 16.5 Å². The summed E-state index contributed by atoms with van der Waals surface area (Å²) in [6.45, 7) is 3.05. The Morgan fingerprint density at radius 3 is 3.10 bits per heavy atom. The lowest BCUT2D eigenvalue weighted by atomic mass is 10.1. The zero-order valence-electron chi connectivity index (χ0n) is 15.7. The number of carbonyl (C=O) groups is 1. The van der Waals surface area contributed by atoms with Crippen molar-refractivity contribution in [2.45, 2.75) is 18.9 Å². The third-order valence-corrected chi connectivity index (χ3v) is 5.48. The molecular weight excluding hydrogens is 440 g/mol. The Bertz CT molecular complexity index is 1010. The largest absolute Gasteiger partial charge is 0.428 e. The van der Waals surface area contributed by atoms with Crippen LogP contribution in [0.3, 0.4) is 0 Å². The molecular formula is C19H21BrN6O3. The summed E-state index contributed by atoms with van der Waals surface area (Å²) in [6.07, 6.45) is 5.47. The maximum absolute atomic E-state index is 10.9. The smallest absolute Gasteiger partial charge is 0.298 e. The molecule has 0 spiro atoms. The van der Waals surface area contributed by atoms with Crippen molar-refractivity contribution in [3.05, 3.63) is 35.2 Å². The zero-order chi connectivity index (χ0) is 20.2. The van der Waals surface area contributed by atoms with Crippen LogP contribution in [0.1, 0.15) is 12.8 Å². The molecule has 0 aliphatic carbocycles. The Hall–Kier alpha value is -2.56. The highest BCUT2D eigenvalue weighted by Gasteiger charge is 2.22. The van der Waals surface area contributed by atoms with Gasteiger partial charge in [0, 0.05) is 29.2 Å². The number of rotatable bonds is 7. The van der Waals surface area contributed by atoms with E-state index < -0.39 is 0 Å². The molecule has 152 valence electrons. The van der Waals surface area contributed by atoms with E-state index in [0.29, 0.717) is 36.0 Å². The van der Waals surface area contributed by atoms with Gasteiger partial charge in [-0.3, -0.25) is 14.1 Å². The van der Waals surface area contributed by atoms with Crippen molar-refractivity contribution in [3.63, 3.8) is 0 Å². The van der Waals surface area contributed by atoms with Crippen molar-refractivity contribution in [2.75, 3.05) is 31.6 Å². The van der Waals surface area contributed by atoms with Crippen molar-refractivity contribution >= 4 is 33.9 Å². The molecule has 3 heterocycles. The number of fused-ring (bicyclic) bond motifs is 1. The van der Waals surface area contributed by atoms with Gasteiger partial charge in [-0.25, -0.2) is 4.98 Å². The number of piperidine rings is 1. The second kappa shape index (κ2) is 8.85. The molecule has 1 atom stereocenters. The van der Waals surface area contributed by atoms with Gasteiger partial charge in [0.05, 0.1) is 18.3 Å². The number of aromatic nitrogens is 4. The van der Waals surface area contributed by atoms with E-state index in [1.165, 1.54) is 0 Å². The summed E-state index contributed by atoms with van der Waals surface area (Å²) in [4.78, 5) is 17.4. The highest BCUT2D eigenvalue weighted by molar-refractivity contribution is 9.10. The number of nitrogens with zero attached hydrogens (tertiary/aromatic N) is 5. The Kier molecular flexibility index (Phi) is 6.02. The van der Waals surface area contributed by atoms with Gasteiger partial charge in [0.1, 0.15) is 17.8 Å². The lowest BCUT2D eigenvalue weighted by molar-refractivity contribution is -0.120. The van der Waals surface area contributed by atoms with Gasteiger partial charge in [-0.05, 0) is 37.6 Å². The van der Waals surface area contributed by atoms with E-state index in [-0.39, 0.29) is 12.6 Å². The Labute approximate surface area is 175 Å². The number of aliphatic hydroxyl groups excluding tert-OH is 1. The van der Waals surface area contributed by atoms with Crippen molar-refractivity contribution in [1.82, 2.24) is 24.5 Å². The van der Waals surface area contributed by atoms with Gasteiger partial charge in [0.15, 0.2) is 0 Å². The van der Waals surface area contributed by atoms with Crippen LogP contribution in [-0.2, 0) is 4.79 Å². The molecule has 0 amide bonds. The second-order valence-electron chi connectivity index (χ2n) is 6.88. The van der Waals surface area contributed by atoms with Crippen molar-refractivity contribution in [3.8, 4) is 17.0 Å². The summed E-state index contributed by atoms with van der Waals surface area (Å²) in [7, 11) is 0. The first-order valence-corrected chi connectivity index (χ1v) is 10.2. The predicted octanol–water partition coefficient (Wildman–Crippen LogP) is 1.96.